The number of nitrogens with two attached hydrogens (primary N) is 1. The van der Waals surface area contributed by atoms with Crippen LogP contribution in [0.5, 0.6) is 0 Å². The Kier molecular flexibility index (Phi) is 4.23. The predicted octanol–water partition coefficient (Wildman–Crippen LogP) is 1.16. The number of nitrogens with zero attached hydrogens (tertiary/aromatic N) is 2. The number of rotatable bonds is 5. The van der Waals surface area contributed by atoms with E-state index in [0.29, 0.717) is 6.54 Å². The van der Waals surface area contributed by atoms with Gasteiger partial charge in [-0.25, -0.2) is 9.78 Å². The fraction of sp³-hybridized carbons (Fsp3) is 0.417. The quantitative estimate of drug-likeness (QED) is 0.767. The summed E-state index contributed by atoms with van der Waals surface area (Å²) < 4.78 is 1.32. The Morgan fingerprint density at radius 1 is 1.50 bits per heavy atom. The highest BCUT2D eigenvalue weighted by atomic mass is 32.1. The number of aromatic amines is 1. The first kappa shape index (κ1) is 14.3. The maximum atomic E-state index is 11.9. The zero-order valence-corrected chi connectivity index (χ0v) is 12.2. The molecule has 1 unspecified atom stereocenters. The Hall–Kier alpha value is -2.09. The number of nitrogens with one attached hydrogen (secondary N) is 2. The Morgan fingerprint density at radius 3 is 2.80 bits per heavy atom. The van der Waals surface area contributed by atoms with Gasteiger partial charge in [0.1, 0.15) is 16.5 Å². The molecule has 0 aliphatic heterocycles. The molecule has 7 nitrogen and oxygen atoms in total. The summed E-state index contributed by atoms with van der Waals surface area (Å²) in [6, 6.07) is -0.110. The van der Waals surface area contributed by atoms with Crippen LogP contribution >= 0.6 is 11.3 Å². The highest BCUT2D eigenvalue weighted by Crippen LogP contribution is 2.24. The standard InChI is InChI=1S/C12H17N5O2S/c1-3-7(11-14-5-6-20-11)15-8-9(13)17(4-2)12(19)16-10(8)18/h5-7,15H,3-4,13H2,1-2H3,(H,16,18,19). The molecule has 0 aromatic carbocycles. The van der Waals surface area contributed by atoms with Gasteiger partial charge < -0.3 is 11.1 Å². The van der Waals surface area contributed by atoms with Crippen molar-refractivity contribution < 1.29 is 0 Å². The molecule has 2 aromatic heterocycles. The number of H-pyrrole nitrogens is 1. The van der Waals surface area contributed by atoms with E-state index in [1.807, 2.05) is 12.3 Å². The van der Waals surface area contributed by atoms with E-state index in [-0.39, 0.29) is 17.5 Å². The molecule has 0 amide bonds. The molecule has 0 spiro atoms. The van der Waals surface area contributed by atoms with Gasteiger partial charge in [0.15, 0.2) is 0 Å². The molecule has 0 aliphatic rings. The maximum Gasteiger partial charge on any atom is 0.330 e. The van der Waals surface area contributed by atoms with E-state index in [1.165, 1.54) is 15.9 Å². The van der Waals surface area contributed by atoms with Crippen LogP contribution in [-0.4, -0.2) is 14.5 Å². The largest absolute Gasteiger partial charge is 0.383 e. The number of hydrogen-bond acceptors (Lipinski definition) is 6. The molecule has 0 saturated heterocycles. The number of hydrogen-bond donors (Lipinski definition) is 3. The van der Waals surface area contributed by atoms with E-state index in [0.717, 1.165) is 11.4 Å². The van der Waals surface area contributed by atoms with E-state index in [2.05, 4.69) is 15.3 Å². The summed E-state index contributed by atoms with van der Waals surface area (Å²) in [6.07, 6.45) is 2.46. The van der Waals surface area contributed by atoms with Crippen molar-refractivity contribution in [2.75, 3.05) is 11.1 Å². The number of nitrogen functional groups attached to an aromatic ring is 1. The lowest BCUT2D eigenvalue weighted by Crippen LogP contribution is -2.34. The first-order valence-electron chi connectivity index (χ1n) is 6.37. The first-order valence-corrected chi connectivity index (χ1v) is 7.24. The van der Waals surface area contributed by atoms with E-state index in [9.17, 15) is 9.59 Å². The molecule has 108 valence electrons. The van der Waals surface area contributed by atoms with Crippen molar-refractivity contribution in [3.8, 4) is 0 Å². The fourth-order valence-electron chi connectivity index (χ4n) is 1.96. The highest BCUT2D eigenvalue weighted by Gasteiger charge is 2.17. The minimum Gasteiger partial charge on any atom is -0.383 e. The molecular formula is C12H17N5O2S. The van der Waals surface area contributed by atoms with Crippen LogP contribution in [0.4, 0.5) is 11.5 Å². The van der Waals surface area contributed by atoms with Crippen LogP contribution in [-0.2, 0) is 6.54 Å². The van der Waals surface area contributed by atoms with Crippen molar-refractivity contribution in [3.05, 3.63) is 37.4 Å². The van der Waals surface area contributed by atoms with E-state index in [4.69, 9.17) is 5.73 Å². The van der Waals surface area contributed by atoms with Gasteiger partial charge in [-0.15, -0.1) is 11.3 Å². The molecule has 0 aliphatic carbocycles. The third-order valence-electron chi connectivity index (χ3n) is 3.03. The minimum absolute atomic E-state index is 0.110. The van der Waals surface area contributed by atoms with Gasteiger partial charge in [-0.05, 0) is 13.3 Å². The second-order valence-corrected chi connectivity index (χ2v) is 5.17. The van der Waals surface area contributed by atoms with Crippen LogP contribution < -0.4 is 22.3 Å². The number of thiazole rings is 1. The van der Waals surface area contributed by atoms with Crippen LogP contribution in [0.15, 0.2) is 21.2 Å². The second-order valence-electron chi connectivity index (χ2n) is 4.24. The minimum atomic E-state index is -0.507. The van der Waals surface area contributed by atoms with Gasteiger partial charge in [-0.2, -0.15) is 0 Å². The number of aromatic nitrogens is 3. The summed E-state index contributed by atoms with van der Waals surface area (Å²) >= 11 is 1.50. The van der Waals surface area contributed by atoms with Crippen molar-refractivity contribution in [2.45, 2.75) is 32.9 Å². The third kappa shape index (κ3) is 2.60. The van der Waals surface area contributed by atoms with E-state index < -0.39 is 11.2 Å². The molecule has 4 N–H and O–H groups in total. The van der Waals surface area contributed by atoms with Crippen LogP contribution in [0.2, 0.25) is 0 Å². The summed E-state index contributed by atoms with van der Waals surface area (Å²) in [6.45, 7) is 4.17. The molecule has 1 atom stereocenters. The van der Waals surface area contributed by atoms with Crippen molar-refractivity contribution in [2.24, 2.45) is 0 Å². The molecule has 0 saturated carbocycles. The summed E-state index contributed by atoms with van der Waals surface area (Å²) in [5.74, 6) is 0.149. The molecule has 2 aromatic rings. The number of anilines is 2. The zero-order valence-electron chi connectivity index (χ0n) is 11.3. The molecule has 0 bridgehead atoms. The lowest BCUT2D eigenvalue weighted by Gasteiger charge is -2.18. The monoisotopic (exact) mass is 295 g/mol. The van der Waals surface area contributed by atoms with Gasteiger partial charge in [0, 0.05) is 18.1 Å². The zero-order chi connectivity index (χ0) is 14.7. The lowest BCUT2D eigenvalue weighted by atomic mass is 10.2. The van der Waals surface area contributed by atoms with Crippen LogP contribution in [0, 0.1) is 0 Å². The molecule has 20 heavy (non-hydrogen) atoms. The highest BCUT2D eigenvalue weighted by molar-refractivity contribution is 7.09. The Labute approximate surface area is 119 Å². The van der Waals surface area contributed by atoms with Gasteiger partial charge in [0.2, 0.25) is 0 Å². The van der Waals surface area contributed by atoms with Gasteiger partial charge in [-0.3, -0.25) is 14.3 Å². The van der Waals surface area contributed by atoms with Crippen LogP contribution in [0.25, 0.3) is 0 Å². The molecular weight excluding hydrogens is 278 g/mol. The van der Waals surface area contributed by atoms with Gasteiger partial charge in [0.05, 0.1) is 6.04 Å². The Morgan fingerprint density at radius 2 is 2.25 bits per heavy atom. The summed E-state index contributed by atoms with van der Waals surface area (Å²) in [5, 5.41) is 5.84. The first-order chi connectivity index (χ1) is 9.58. The van der Waals surface area contributed by atoms with Crippen LogP contribution in [0.3, 0.4) is 0 Å². The topological polar surface area (TPSA) is 106 Å². The molecule has 2 heterocycles. The lowest BCUT2D eigenvalue weighted by molar-refractivity contribution is 0.695. The van der Waals surface area contributed by atoms with Crippen molar-refractivity contribution in [1.29, 1.82) is 0 Å². The molecule has 0 fully saturated rings. The fourth-order valence-corrected chi connectivity index (χ4v) is 2.73. The molecule has 0 radical (unpaired) electrons. The van der Waals surface area contributed by atoms with Gasteiger partial charge >= 0.3 is 5.69 Å². The average molecular weight is 295 g/mol. The van der Waals surface area contributed by atoms with Gasteiger partial charge in [-0.1, -0.05) is 6.92 Å². The normalized spacial score (nSPS) is 12.3. The third-order valence-corrected chi connectivity index (χ3v) is 3.92. The Bertz CT molecular complexity index is 689. The van der Waals surface area contributed by atoms with Crippen molar-refractivity contribution in [1.82, 2.24) is 14.5 Å². The van der Waals surface area contributed by atoms with E-state index in [1.54, 1.807) is 13.1 Å². The molecule has 8 heteroatoms. The van der Waals surface area contributed by atoms with E-state index >= 15 is 0 Å². The molecule has 2 rings (SSSR count). The van der Waals surface area contributed by atoms with Crippen molar-refractivity contribution >= 4 is 22.8 Å². The average Bonchev–Trinajstić information content (AvgIpc) is 2.93. The summed E-state index contributed by atoms with van der Waals surface area (Å²) in [7, 11) is 0. The second kappa shape index (κ2) is 5.91. The maximum absolute atomic E-state index is 11.9. The Balaban J connectivity index is 2.43. The van der Waals surface area contributed by atoms with Crippen LogP contribution in [0.1, 0.15) is 31.3 Å². The van der Waals surface area contributed by atoms with Crippen molar-refractivity contribution in [3.63, 3.8) is 0 Å². The predicted molar refractivity (Wildman–Crippen MR) is 80.2 cm³/mol. The summed E-state index contributed by atoms with van der Waals surface area (Å²) in [4.78, 5) is 30.0. The van der Waals surface area contributed by atoms with Gasteiger partial charge in [0.25, 0.3) is 5.56 Å². The SMILES string of the molecule is CCC(Nc1c(N)n(CC)c(=O)[nH]c1=O)c1nccs1. The smallest absolute Gasteiger partial charge is 0.330 e. The summed E-state index contributed by atoms with van der Waals surface area (Å²) in [5.41, 5.74) is 5.13.